The van der Waals surface area contributed by atoms with Gasteiger partial charge in [-0.15, -0.1) is 0 Å². The summed E-state index contributed by atoms with van der Waals surface area (Å²) >= 11 is 0.815. The van der Waals surface area contributed by atoms with Crippen LogP contribution in [0.2, 0.25) is 10.6 Å². The summed E-state index contributed by atoms with van der Waals surface area (Å²) in [6.45, 7) is 4.50. The largest absolute Gasteiger partial charge is 1.23 e. The Morgan fingerprint density at radius 3 is 1.29 bits per heavy atom. The Balaban J connectivity index is -0.0000000800. The molecule has 0 N–H and O–H groups in total. The van der Waals surface area contributed by atoms with Crippen LogP contribution in [0.3, 0.4) is 0 Å². The van der Waals surface area contributed by atoms with Crippen LogP contribution in [0.1, 0.15) is 13.8 Å². The van der Waals surface area contributed by atoms with E-state index in [1.807, 2.05) is 0 Å². The third kappa shape index (κ3) is 19.2. The van der Waals surface area contributed by atoms with Gasteiger partial charge in [-0.25, -0.2) is 0 Å². The lowest BCUT2D eigenvalue weighted by atomic mass is 10.9. The van der Waals surface area contributed by atoms with Crippen LogP contribution in [0.15, 0.2) is 0 Å². The Kier molecular flexibility index (Phi) is 35.2. The molecule has 0 aliphatic rings. The minimum absolute atomic E-state index is 0. The van der Waals surface area contributed by atoms with E-state index in [0.717, 1.165) is 15.2 Å². The van der Waals surface area contributed by atoms with Crippen molar-refractivity contribution < 1.29 is 24.8 Å². The van der Waals surface area contributed by atoms with Gasteiger partial charge in [0.25, 0.3) is 0 Å². The number of halogens is 2. The van der Waals surface area contributed by atoms with Gasteiger partial charge in [0.2, 0.25) is 0 Å². The highest BCUT2D eigenvalue weighted by atomic mass is 35.5. The third-order valence-electron chi connectivity index (χ3n) is 0.577. The molecular weight excluding hydrogens is 146 g/mol. The Morgan fingerprint density at radius 2 is 1.29 bits per heavy atom. The molecule has 0 heterocycles. The van der Waals surface area contributed by atoms with E-state index in [0.29, 0.717) is 0 Å². The van der Waals surface area contributed by atoms with Crippen LogP contribution in [-0.2, 0) is 0 Å². The average Bonchev–Trinajstić information content (AvgIpc) is 1.41. The first-order valence-corrected chi connectivity index (χ1v) is 3.86. The van der Waals surface area contributed by atoms with Crippen LogP contribution >= 0.6 is 0 Å². The zero-order valence-corrected chi connectivity index (χ0v) is 7.41. The lowest BCUT2D eigenvalue weighted by Crippen LogP contribution is -3.00. The molecule has 0 aromatic rings. The van der Waals surface area contributed by atoms with Gasteiger partial charge in [-0.05, 0) is 13.8 Å². The first-order valence-electron chi connectivity index (χ1n) is 2.23. The third-order valence-corrected chi connectivity index (χ3v) is 1.73. The highest BCUT2D eigenvalue weighted by molar-refractivity contribution is 6.34. The van der Waals surface area contributed by atoms with Crippen LogP contribution in [0.4, 0.5) is 0 Å². The van der Waals surface area contributed by atoms with Crippen molar-refractivity contribution in [2.24, 2.45) is 0 Å². The maximum atomic E-state index is 2.25. The van der Waals surface area contributed by atoms with Crippen LogP contribution in [0, 0.1) is 0 Å². The fraction of sp³-hybridized carbons (Fsp3) is 1.00. The molecule has 0 fully saturated rings. The first-order chi connectivity index (χ1) is 2.41. The van der Waals surface area contributed by atoms with Crippen molar-refractivity contribution >= 4 is 15.2 Å². The van der Waals surface area contributed by atoms with Gasteiger partial charge in [0.15, 0.2) is 10.6 Å². The molecule has 7 heavy (non-hydrogen) atoms. The minimum Gasteiger partial charge on any atom is -1.00 e. The van der Waals surface area contributed by atoms with Crippen molar-refractivity contribution in [3.8, 4) is 0 Å². The predicted molar refractivity (Wildman–Crippen MR) is 26.7 cm³/mol. The van der Waals surface area contributed by atoms with Crippen LogP contribution in [0.5, 0.6) is 0 Å². The van der Waals surface area contributed by atoms with Gasteiger partial charge in [0.1, 0.15) is 0 Å². The van der Waals surface area contributed by atoms with E-state index in [1.165, 1.54) is 10.6 Å². The molecule has 5 radical (unpaired) electrons. The molecular formula is C4H10AlCl2. The normalized spacial score (nSPS) is 6.00. The Morgan fingerprint density at radius 1 is 1.00 bits per heavy atom. The molecule has 0 aliphatic carbocycles. The second-order valence-electron chi connectivity index (χ2n) is 1.11. The summed E-state index contributed by atoms with van der Waals surface area (Å²) in [5.41, 5.74) is 0. The second kappa shape index (κ2) is 15.7. The van der Waals surface area contributed by atoms with E-state index in [4.69, 9.17) is 0 Å². The SMILES string of the molecule is C[CH2][Al+2][CH2]C.[Cl-].[Cl-]. The summed E-state index contributed by atoms with van der Waals surface area (Å²) in [6, 6.07) is 0. The van der Waals surface area contributed by atoms with E-state index in [2.05, 4.69) is 13.8 Å². The number of hydrogen-bond donors (Lipinski definition) is 0. The molecule has 0 saturated heterocycles. The summed E-state index contributed by atoms with van der Waals surface area (Å²) in [5, 5.41) is 2.85. The van der Waals surface area contributed by atoms with E-state index in [-0.39, 0.29) is 24.8 Å². The lowest BCUT2D eigenvalue weighted by Gasteiger charge is -1.36. The molecule has 0 aliphatic heterocycles. The van der Waals surface area contributed by atoms with Crippen molar-refractivity contribution in [3.63, 3.8) is 0 Å². The monoisotopic (exact) mass is 155 g/mol. The maximum absolute atomic E-state index is 2.25. The van der Waals surface area contributed by atoms with Gasteiger partial charge in [0.05, 0.1) is 0 Å². The molecule has 0 aromatic heterocycles. The Hall–Kier alpha value is 1.11. The van der Waals surface area contributed by atoms with Gasteiger partial charge in [-0.1, -0.05) is 0 Å². The summed E-state index contributed by atoms with van der Waals surface area (Å²) in [5.74, 6) is 0. The molecule has 0 amide bonds. The van der Waals surface area contributed by atoms with Gasteiger partial charge >= 0.3 is 15.2 Å². The van der Waals surface area contributed by atoms with Crippen LogP contribution in [0.25, 0.3) is 0 Å². The van der Waals surface area contributed by atoms with Crippen molar-refractivity contribution in [1.82, 2.24) is 0 Å². The molecule has 0 bridgehead atoms. The second-order valence-corrected chi connectivity index (χ2v) is 3.32. The zero-order valence-electron chi connectivity index (χ0n) is 4.75. The number of hydrogen-bond acceptors (Lipinski definition) is 0. The topological polar surface area (TPSA) is 0 Å². The molecule has 0 atom stereocenters. The Bertz CT molecular complexity index is 17.2. The summed E-state index contributed by atoms with van der Waals surface area (Å²) in [7, 11) is 0. The summed E-state index contributed by atoms with van der Waals surface area (Å²) in [6.07, 6.45) is 0. The minimum atomic E-state index is 0. The molecule has 0 unspecified atom stereocenters. The van der Waals surface area contributed by atoms with Crippen molar-refractivity contribution in [2.75, 3.05) is 0 Å². The van der Waals surface area contributed by atoms with E-state index >= 15 is 0 Å². The van der Waals surface area contributed by atoms with E-state index < -0.39 is 0 Å². The molecule has 0 saturated carbocycles. The quantitative estimate of drug-likeness (QED) is 0.354. The fourth-order valence-electron chi connectivity index (χ4n) is 0.289. The van der Waals surface area contributed by atoms with Crippen molar-refractivity contribution in [2.45, 2.75) is 24.4 Å². The van der Waals surface area contributed by atoms with Crippen LogP contribution in [-0.4, -0.2) is 15.2 Å². The molecule has 0 aromatic carbocycles. The lowest BCUT2D eigenvalue weighted by molar-refractivity contribution is -0.00100. The first kappa shape index (κ1) is 15.7. The van der Waals surface area contributed by atoms with Gasteiger partial charge < -0.3 is 24.8 Å². The smallest absolute Gasteiger partial charge is 1.00 e. The standard InChI is InChI=1S/2C2H5.Al.2ClH/c2*1-2;;;/h2*1H2,2H3;;2*1H/q;;+2;;/p-2. The highest BCUT2D eigenvalue weighted by Gasteiger charge is 2.36. The molecule has 0 rings (SSSR count). The molecule has 0 spiro atoms. The Labute approximate surface area is 64.6 Å². The van der Waals surface area contributed by atoms with Crippen LogP contribution < -0.4 is 24.8 Å². The maximum Gasteiger partial charge on any atom is 1.23 e. The fourth-order valence-corrected chi connectivity index (χ4v) is 0.866. The summed E-state index contributed by atoms with van der Waals surface area (Å²) in [4.78, 5) is 0. The average molecular weight is 156 g/mol. The molecule has 0 nitrogen and oxygen atoms in total. The molecule has 43 valence electrons. The molecule has 3 heteroatoms. The van der Waals surface area contributed by atoms with Gasteiger partial charge in [0, 0.05) is 0 Å². The van der Waals surface area contributed by atoms with E-state index in [9.17, 15) is 0 Å². The predicted octanol–water partition coefficient (Wildman–Crippen LogP) is -4.42. The highest BCUT2D eigenvalue weighted by Crippen LogP contribution is 1.77. The summed E-state index contributed by atoms with van der Waals surface area (Å²) < 4.78 is 0. The van der Waals surface area contributed by atoms with Crippen molar-refractivity contribution in [1.29, 1.82) is 0 Å². The van der Waals surface area contributed by atoms with Crippen molar-refractivity contribution in [3.05, 3.63) is 0 Å². The van der Waals surface area contributed by atoms with Gasteiger partial charge in [-0.3, -0.25) is 0 Å². The number of rotatable bonds is 2. The van der Waals surface area contributed by atoms with E-state index in [1.54, 1.807) is 0 Å². The van der Waals surface area contributed by atoms with Gasteiger partial charge in [-0.2, -0.15) is 0 Å². The zero-order chi connectivity index (χ0) is 4.12.